The van der Waals surface area contributed by atoms with Crippen molar-refractivity contribution in [1.29, 1.82) is 0 Å². The maximum atomic E-state index is 3.67. The molecular weight excluding hydrogens is 226 g/mol. The monoisotopic (exact) mass is 253 g/mol. The molecule has 1 aromatic rings. The SMILES string of the molecule is CCCNC(CCC)CCCCc1ccsc1. The molecule has 1 heterocycles. The molecule has 0 saturated carbocycles. The van der Waals surface area contributed by atoms with Gasteiger partial charge in [0.1, 0.15) is 0 Å². The molecule has 0 aromatic carbocycles. The first-order valence-corrected chi connectivity index (χ1v) is 8.05. The number of nitrogens with one attached hydrogen (secondary N) is 1. The van der Waals surface area contributed by atoms with Gasteiger partial charge >= 0.3 is 0 Å². The summed E-state index contributed by atoms with van der Waals surface area (Å²) in [6.07, 6.45) is 9.18. The molecular formula is C15H27NS. The van der Waals surface area contributed by atoms with Crippen molar-refractivity contribution in [1.82, 2.24) is 5.32 Å². The van der Waals surface area contributed by atoms with Crippen molar-refractivity contribution in [3.05, 3.63) is 22.4 Å². The molecule has 0 spiro atoms. The summed E-state index contributed by atoms with van der Waals surface area (Å²) < 4.78 is 0. The van der Waals surface area contributed by atoms with Gasteiger partial charge in [0.05, 0.1) is 0 Å². The summed E-state index contributed by atoms with van der Waals surface area (Å²) in [6, 6.07) is 3.01. The Bertz CT molecular complexity index is 256. The number of hydrogen-bond acceptors (Lipinski definition) is 2. The Balaban J connectivity index is 2.08. The zero-order valence-corrected chi connectivity index (χ0v) is 12.2. The fourth-order valence-corrected chi connectivity index (χ4v) is 2.90. The summed E-state index contributed by atoms with van der Waals surface area (Å²) in [4.78, 5) is 0. The molecule has 17 heavy (non-hydrogen) atoms. The van der Waals surface area contributed by atoms with Crippen molar-refractivity contribution in [3.63, 3.8) is 0 Å². The summed E-state index contributed by atoms with van der Waals surface area (Å²) in [5.41, 5.74) is 1.52. The number of unbranched alkanes of at least 4 members (excludes halogenated alkanes) is 1. The van der Waals surface area contributed by atoms with E-state index in [9.17, 15) is 0 Å². The summed E-state index contributed by atoms with van der Waals surface area (Å²) in [6.45, 7) is 5.70. The summed E-state index contributed by atoms with van der Waals surface area (Å²) in [5, 5.41) is 8.12. The Morgan fingerprint density at radius 1 is 1.18 bits per heavy atom. The lowest BCUT2D eigenvalue weighted by Gasteiger charge is -2.17. The van der Waals surface area contributed by atoms with Crippen LogP contribution in [0.25, 0.3) is 0 Å². The van der Waals surface area contributed by atoms with Gasteiger partial charge in [-0.15, -0.1) is 0 Å². The molecule has 1 unspecified atom stereocenters. The molecule has 0 bridgehead atoms. The Labute approximate surface area is 111 Å². The maximum Gasteiger partial charge on any atom is 0.00669 e. The second kappa shape index (κ2) is 9.67. The summed E-state index contributed by atoms with van der Waals surface area (Å²) in [7, 11) is 0. The van der Waals surface area contributed by atoms with E-state index in [0.29, 0.717) is 0 Å². The van der Waals surface area contributed by atoms with Crippen molar-refractivity contribution in [2.24, 2.45) is 0 Å². The fourth-order valence-electron chi connectivity index (χ4n) is 2.20. The normalized spacial score (nSPS) is 12.8. The largest absolute Gasteiger partial charge is 0.314 e. The minimum Gasteiger partial charge on any atom is -0.314 e. The minimum absolute atomic E-state index is 0.752. The third-order valence-electron chi connectivity index (χ3n) is 3.17. The highest BCUT2D eigenvalue weighted by Gasteiger charge is 2.05. The third kappa shape index (κ3) is 6.85. The summed E-state index contributed by atoms with van der Waals surface area (Å²) >= 11 is 1.81. The summed E-state index contributed by atoms with van der Waals surface area (Å²) in [5.74, 6) is 0. The molecule has 1 atom stereocenters. The molecule has 0 aliphatic heterocycles. The van der Waals surface area contributed by atoms with Crippen LogP contribution in [0, 0.1) is 0 Å². The van der Waals surface area contributed by atoms with E-state index in [1.807, 2.05) is 11.3 Å². The topological polar surface area (TPSA) is 12.0 Å². The molecule has 1 nitrogen and oxygen atoms in total. The second-order valence-electron chi connectivity index (χ2n) is 4.82. The number of aryl methyl sites for hydroxylation is 1. The van der Waals surface area contributed by atoms with Gasteiger partial charge in [-0.1, -0.05) is 26.7 Å². The van der Waals surface area contributed by atoms with Gasteiger partial charge in [0.15, 0.2) is 0 Å². The van der Waals surface area contributed by atoms with Gasteiger partial charge in [-0.25, -0.2) is 0 Å². The smallest absolute Gasteiger partial charge is 0.00669 e. The van der Waals surface area contributed by atoms with Crippen molar-refractivity contribution in [3.8, 4) is 0 Å². The minimum atomic E-state index is 0.752. The average molecular weight is 253 g/mol. The lowest BCUT2D eigenvalue weighted by molar-refractivity contribution is 0.432. The lowest BCUT2D eigenvalue weighted by Crippen LogP contribution is -2.29. The van der Waals surface area contributed by atoms with E-state index in [2.05, 4.69) is 36.0 Å². The molecule has 1 aromatic heterocycles. The van der Waals surface area contributed by atoms with Crippen LogP contribution in [0.4, 0.5) is 0 Å². The van der Waals surface area contributed by atoms with Crippen molar-refractivity contribution < 1.29 is 0 Å². The quantitative estimate of drug-likeness (QED) is 0.600. The van der Waals surface area contributed by atoms with E-state index in [1.165, 1.54) is 57.1 Å². The van der Waals surface area contributed by atoms with Crippen LogP contribution in [0.3, 0.4) is 0 Å². The predicted octanol–water partition coefficient (Wildman–Crippen LogP) is 4.63. The van der Waals surface area contributed by atoms with Crippen LogP contribution >= 0.6 is 11.3 Å². The molecule has 0 amide bonds. The van der Waals surface area contributed by atoms with E-state index < -0.39 is 0 Å². The number of hydrogen-bond donors (Lipinski definition) is 1. The van der Waals surface area contributed by atoms with E-state index in [1.54, 1.807) is 0 Å². The van der Waals surface area contributed by atoms with Gasteiger partial charge in [-0.3, -0.25) is 0 Å². The first-order valence-electron chi connectivity index (χ1n) is 7.11. The van der Waals surface area contributed by atoms with Crippen LogP contribution in [0.15, 0.2) is 16.8 Å². The van der Waals surface area contributed by atoms with Gasteiger partial charge in [-0.05, 0) is 61.0 Å². The van der Waals surface area contributed by atoms with Crippen LogP contribution in [-0.2, 0) is 6.42 Å². The molecule has 0 aliphatic carbocycles. The Morgan fingerprint density at radius 2 is 2.06 bits per heavy atom. The molecule has 1 rings (SSSR count). The number of rotatable bonds is 10. The molecule has 0 aliphatic rings. The van der Waals surface area contributed by atoms with Crippen LogP contribution in [0.1, 0.15) is 57.9 Å². The molecule has 0 fully saturated rings. The lowest BCUT2D eigenvalue weighted by atomic mass is 10.0. The molecule has 0 saturated heterocycles. The van der Waals surface area contributed by atoms with Crippen LogP contribution in [0.5, 0.6) is 0 Å². The highest BCUT2D eigenvalue weighted by molar-refractivity contribution is 7.07. The Kier molecular flexibility index (Phi) is 8.37. The molecule has 1 N–H and O–H groups in total. The van der Waals surface area contributed by atoms with E-state index in [-0.39, 0.29) is 0 Å². The molecule has 98 valence electrons. The van der Waals surface area contributed by atoms with E-state index in [4.69, 9.17) is 0 Å². The van der Waals surface area contributed by atoms with Crippen molar-refractivity contribution in [2.75, 3.05) is 6.54 Å². The van der Waals surface area contributed by atoms with Crippen molar-refractivity contribution >= 4 is 11.3 Å². The van der Waals surface area contributed by atoms with E-state index >= 15 is 0 Å². The standard InChI is InChI=1S/C15H27NS/c1-3-7-15(16-11-4-2)9-6-5-8-14-10-12-17-13-14/h10,12-13,15-16H,3-9,11H2,1-2H3. The first-order chi connectivity index (χ1) is 8.36. The third-order valence-corrected chi connectivity index (χ3v) is 3.90. The zero-order chi connectivity index (χ0) is 12.3. The average Bonchev–Trinajstić information content (AvgIpc) is 2.84. The Morgan fingerprint density at radius 3 is 2.71 bits per heavy atom. The van der Waals surface area contributed by atoms with Crippen molar-refractivity contribution in [2.45, 2.75) is 64.8 Å². The van der Waals surface area contributed by atoms with Gasteiger partial charge < -0.3 is 5.32 Å². The highest BCUT2D eigenvalue weighted by atomic mass is 32.1. The van der Waals surface area contributed by atoms with Gasteiger partial charge in [-0.2, -0.15) is 11.3 Å². The zero-order valence-electron chi connectivity index (χ0n) is 11.4. The molecule has 2 heteroatoms. The number of thiophene rings is 1. The fraction of sp³-hybridized carbons (Fsp3) is 0.733. The van der Waals surface area contributed by atoms with E-state index in [0.717, 1.165) is 6.04 Å². The van der Waals surface area contributed by atoms with Crippen LogP contribution in [-0.4, -0.2) is 12.6 Å². The van der Waals surface area contributed by atoms with Gasteiger partial charge in [0.2, 0.25) is 0 Å². The van der Waals surface area contributed by atoms with Gasteiger partial charge in [0, 0.05) is 6.04 Å². The predicted molar refractivity (Wildman–Crippen MR) is 78.9 cm³/mol. The van der Waals surface area contributed by atoms with Crippen LogP contribution < -0.4 is 5.32 Å². The maximum absolute atomic E-state index is 3.67. The highest BCUT2D eigenvalue weighted by Crippen LogP contribution is 2.12. The molecule has 0 radical (unpaired) electrons. The second-order valence-corrected chi connectivity index (χ2v) is 5.60. The Hall–Kier alpha value is -0.340. The van der Waals surface area contributed by atoms with Gasteiger partial charge in [0.25, 0.3) is 0 Å². The van der Waals surface area contributed by atoms with Crippen LogP contribution in [0.2, 0.25) is 0 Å². The first kappa shape index (κ1) is 14.7.